The Balaban J connectivity index is 1.60. The van der Waals surface area contributed by atoms with Gasteiger partial charge < -0.3 is 20.1 Å². The van der Waals surface area contributed by atoms with Crippen LogP contribution in [0.1, 0.15) is 13.3 Å². The largest absolute Gasteiger partial charge is 0.495 e. The van der Waals surface area contributed by atoms with Crippen LogP contribution in [0.25, 0.3) is 0 Å². The number of methoxy groups -OCH3 is 1. The average Bonchev–Trinajstić information content (AvgIpc) is 3.02. The zero-order chi connectivity index (χ0) is 19.9. The van der Waals surface area contributed by atoms with Gasteiger partial charge in [0.15, 0.2) is 5.17 Å². The number of amidine groups is 1. The predicted molar refractivity (Wildman–Crippen MR) is 110 cm³/mol. The normalized spacial score (nSPS) is 17.3. The topological polar surface area (TPSA) is 89.0 Å². The summed E-state index contributed by atoms with van der Waals surface area (Å²) in [4.78, 5) is 28.9. The second-order valence-corrected chi connectivity index (χ2v) is 7.08. The highest BCUT2D eigenvalue weighted by molar-refractivity contribution is 8.15. The lowest BCUT2D eigenvalue weighted by Gasteiger charge is -2.10. The highest BCUT2D eigenvalue weighted by Gasteiger charge is 2.32. The second kappa shape index (κ2) is 9.27. The van der Waals surface area contributed by atoms with E-state index in [1.54, 1.807) is 18.2 Å². The summed E-state index contributed by atoms with van der Waals surface area (Å²) >= 11 is 1.24. The molecule has 2 N–H and O–H groups in total. The quantitative estimate of drug-likeness (QED) is 0.745. The first-order valence-electron chi connectivity index (χ1n) is 8.81. The Labute approximate surface area is 167 Å². The van der Waals surface area contributed by atoms with Crippen LogP contribution >= 0.6 is 11.8 Å². The van der Waals surface area contributed by atoms with Crippen LogP contribution in [0.4, 0.5) is 11.4 Å². The van der Waals surface area contributed by atoms with Crippen LogP contribution in [0.5, 0.6) is 11.5 Å². The van der Waals surface area contributed by atoms with Gasteiger partial charge in [0.05, 0.1) is 25.1 Å². The van der Waals surface area contributed by atoms with E-state index in [0.717, 1.165) is 5.75 Å². The monoisotopic (exact) mass is 399 g/mol. The summed E-state index contributed by atoms with van der Waals surface area (Å²) in [6.45, 7) is 2.52. The van der Waals surface area contributed by atoms with Crippen LogP contribution in [0.15, 0.2) is 53.5 Å². The molecule has 1 heterocycles. The van der Waals surface area contributed by atoms with E-state index in [2.05, 4.69) is 15.6 Å². The van der Waals surface area contributed by atoms with E-state index in [1.165, 1.54) is 18.9 Å². The first-order chi connectivity index (χ1) is 13.6. The van der Waals surface area contributed by atoms with E-state index >= 15 is 0 Å². The number of aliphatic imine (C=N–C) groups is 1. The summed E-state index contributed by atoms with van der Waals surface area (Å²) in [5, 5.41) is 5.45. The van der Waals surface area contributed by atoms with Crippen molar-refractivity contribution < 1.29 is 19.1 Å². The number of anilines is 1. The number of carbonyl (C=O) groups excluding carboxylic acids is 2. The van der Waals surface area contributed by atoms with Gasteiger partial charge >= 0.3 is 0 Å². The first-order valence-corrected chi connectivity index (χ1v) is 9.69. The van der Waals surface area contributed by atoms with E-state index in [1.807, 2.05) is 37.3 Å². The minimum absolute atomic E-state index is 0.0385. The molecule has 1 atom stereocenters. The van der Waals surface area contributed by atoms with Gasteiger partial charge in [-0.15, -0.1) is 0 Å². The molecule has 0 aromatic heterocycles. The Morgan fingerprint density at radius 1 is 1.21 bits per heavy atom. The van der Waals surface area contributed by atoms with Crippen LogP contribution in [-0.4, -0.2) is 35.9 Å². The molecule has 1 aliphatic rings. The number of benzene rings is 2. The fourth-order valence-electron chi connectivity index (χ4n) is 2.61. The summed E-state index contributed by atoms with van der Waals surface area (Å²) in [6.07, 6.45) is 0.0385. The molecule has 0 unspecified atom stereocenters. The molecular weight excluding hydrogens is 378 g/mol. The molecule has 0 saturated carbocycles. The number of hydrogen-bond acceptors (Lipinski definition) is 6. The highest BCUT2D eigenvalue weighted by atomic mass is 32.2. The van der Waals surface area contributed by atoms with Gasteiger partial charge in [-0.1, -0.05) is 23.9 Å². The Morgan fingerprint density at radius 2 is 1.96 bits per heavy atom. The SMILES string of the molecule is CCOc1ccc(N=C2NC(=O)[C@H](CC(=O)Nc3ccccc3OC)S2)cc1. The Hall–Kier alpha value is -3.00. The number of nitrogens with zero attached hydrogens (tertiary/aromatic N) is 1. The van der Waals surface area contributed by atoms with Gasteiger partial charge in [0.1, 0.15) is 16.7 Å². The van der Waals surface area contributed by atoms with Gasteiger partial charge in [0.2, 0.25) is 11.8 Å². The Bertz CT molecular complexity index is 883. The van der Waals surface area contributed by atoms with Crippen LogP contribution in [-0.2, 0) is 9.59 Å². The summed E-state index contributed by atoms with van der Waals surface area (Å²) in [5.74, 6) is 0.835. The van der Waals surface area contributed by atoms with E-state index in [-0.39, 0.29) is 18.2 Å². The predicted octanol–water partition coefficient (Wildman–Crippen LogP) is 3.34. The molecular formula is C20H21N3O4S. The average molecular weight is 399 g/mol. The zero-order valence-electron chi connectivity index (χ0n) is 15.6. The molecule has 1 saturated heterocycles. The number of hydrogen-bond donors (Lipinski definition) is 2. The molecule has 0 bridgehead atoms. The number of ether oxygens (including phenoxy) is 2. The number of rotatable bonds is 7. The fraction of sp³-hybridized carbons (Fsp3) is 0.250. The number of para-hydroxylation sites is 2. The van der Waals surface area contributed by atoms with Crippen molar-refractivity contribution in [3.63, 3.8) is 0 Å². The number of amides is 2. The lowest BCUT2D eigenvalue weighted by atomic mass is 10.2. The minimum atomic E-state index is -0.531. The third-order valence-corrected chi connectivity index (χ3v) is 4.99. The molecule has 8 heteroatoms. The molecule has 28 heavy (non-hydrogen) atoms. The molecule has 2 aromatic carbocycles. The molecule has 7 nitrogen and oxygen atoms in total. The lowest BCUT2D eigenvalue weighted by Crippen LogP contribution is -2.28. The fourth-order valence-corrected chi connectivity index (χ4v) is 3.60. The molecule has 0 spiro atoms. The molecule has 1 aliphatic heterocycles. The van der Waals surface area contributed by atoms with Gasteiger partial charge in [-0.3, -0.25) is 9.59 Å². The summed E-state index contributed by atoms with van der Waals surface area (Å²) in [5.41, 5.74) is 1.27. The first kappa shape index (κ1) is 19.8. The maximum absolute atomic E-state index is 12.3. The van der Waals surface area contributed by atoms with Crippen LogP contribution in [0, 0.1) is 0 Å². The minimum Gasteiger partial charge on any atom is -0.495 e. The van der Waals surface area contributed by atoms with Gasteiger partial charge in [-0.2, -0.15) is 0 Å². The third-order valence-electron chi connectivity index (χ3n) is 3.91. The molecule has 2 amide bonds. The van der Waals surface area contributed by atoms with Gasteiger partial charge in [-0.05, 0) is 43.3 Å². The highest BCUT2D eigenvalue weighted by Crippen LogP contribution is 2.28. The number of thioether (sulfide) groups is 1. The van der Waals surface area contributed by atoms with Crippen molar-refractivity contribution in [1.29, 1.82) is 0 Å². The maximum atomic E-state index is 12.3. The van der Waals surface area contributed by atoms with E-state index in [4.69, 9.17) is 9.47 Å². The van der Waals surface area contributed by atoms with E-state index in [9.17, 15) is 9.59 Å². The van der Waals surface area contributed by atoms with Crippen molar-refractivity contribution in [3.05, 3.63) is 48.5 Å². The molecule has 1 fully saturated rings. The maximum Gasteiger partial charge on any atom is 0.240 e. The number of nitrogens with one attached hydrogen (secondary N) is 2. The van der Waals surface area contributed by atoms with Crippen LogP contribution in [0.2, 0.25) is 0 Å². The lowest BCUT2D eigenvalue weighted by molar-refractivity contribution is -0.122. The van der Waals surface area contributed by atoms with Crippen molar-refractivity contribution >= 4 is 40.1 Å². The second-order valence-electron chi connectivity index (χ2n) is 5.89. The van der Waals surface area contributed by atoms with Gasteiger partial charge in [-0.25, -0.2) is 4.99 Å². The third kappa shape index (κ3) is 5.04. The zero-order valence-corrected chi connectivity index (χ0v) is 16.4. The van der Waals surface area contributed by atoms with Crippen LogP contribution < -0.4 is 20.1 Å². The van der Waals surface area contributed by atoms with Crippen molar-refractivity contribution in [3.8, 4) is 11.5 Å². The molecule has 0 aliphatic carbocycles. The molecule has 3 rings (SSSR count). The number of carbonyl (C=O) groups is 2. The van der Waals surface area contributed by atoms with Gasteiger partial charge in [0.25, 0.3) is 0 Å². The van der Waals surface area contributed by atoms with E-state index in [0.29, 0.717) is 28.9 Å². The smallest absolute Gasteiger partial charge is 0.240 e. The Morgan fingerprint density at radius 3 is 2.68 bits per heavy atom. The van der Waals surface area contributed by atoms with E-state index < -0.39 is 5.25 Å². The standard InChI is InChI=1S/C20H21N3O4S/c1-3-27-14-10-8-13(9-11-14)21-20-23-19(25)17(28-20)12-18(24)22-15-6-4-5-7-16(15)26-2/h4-11,17H,3,12H2,1-2H3,(H,22,24)(H,21,23,25)/t17-/m0/s1. The summed E-state index contributed by atoms with van der Waals surface area (Å²) in [6, 6.07) is 14.4. The van der Waals surface area contributed by atoms with Crippen molar-refractivity contribution in [2.24, 2.45) is 4.99 Å². The van der Waals surface area contributed by atoms with Crippen molar-refractivity contribution in [2.45, 2.75) is 18.6 Å². The summed E-state index contributed by atoms with van der Waals surface area (Å²) < 4.78 is 10.6. The van der Waals surface area contributed by atoms with Crippen molar-refractivity contribution in [2.75, 3.05) is 19.0 Å². The van der Waals surface area contributed by atoms with Crippen molar-refractivity contribution in [1.82, 2.24) is 5.32 Å². The molecule has 0 radical (unpaired) electrons. The van der Waals surface area contributed by atoms with Gasteiger partial charge in [0, 0.05) is 6.42 Å². The molecule has 146 valence electrons. The molecule has 2 aromatic rings. The summed E-state index contributed by atoms with van der Waals surface area (Å²) in [7, 11) is 1.54. The van der Waals surface area contributed by atoms with Crippen LogP contribution in [0.3, 0.4) is 0 Å². The Kier molecular flexibility index (Phi) is 6.54.